The number of ether oxygens (including phenoxy) is 2. The number of aromatic nitrogens is 1. The van der Waals surface area contributed by atoms with Crippen LogP contribution in [-0.4, -0.2) is 19.2 Å². The lowest BCUT2D eigenvalue weighted by atomic mass is 9.90. The molecule has 3 heteroatoms. The second kappa shape index (κ2) is 4.51. The molecule has 0 saturated heterocycles. The first kappa shape index (κ1) is 11.8. The Morgan fingerprint density at radius 2 is 2.00 bits per heavy atom. The number of nitrogens with zero attached hydrogens (tertiary/aromatic N) is 1. The van der Waals surface area contributed by atoms with Gasteiger partial charge in [0.05, 0.1) is 26.1 Å². The molecule has 0 aliphatic heterocycles. The second-order valence-electron chi connectivity index (χ2n) is 4.37. The van der Waals surface area contributed by atoms with Gasteiger partial charge in [-0.25, -0.2) is 0 Å². The first-order valence-corrected chi connectivity index (χ1v) is 4.88. The molecular weight excluding hydrogens is 190 g/mol. The van der Waals surface area contributed by atoms with Gasteiger partial charge in [-0.05, 0) is 18.8 Å². The zero-order valence-corrected chi connectivity index (χ0v) is 9.83. The average Bonchev–Trinajstić information content (AvgIpc) is 2.16. The quantitative estimate of drug-likeness (QED) is 0.761. The molecule has 0 amide bonds. The van der Waals surface area contributed by atoms with Crippen LogP contribution in [0.4, 0.5) is 0 Å². The van der Waals surface area contributed by atoms with Crippen LogP contribution in [0.3, 0.4) is 0 Å². The number of hydrogen-bond acceptors (Lipinski definition) is 3. The highest BCUT2D eigenvalue weighted by atomic mass is 16.5. The van der Waals surface area contributed by atoms with Crippen molar-refractivity contribution in [2.45, 2.75) is 20.3 Å². The lowest BCUT2D eigenvalue weighted by molar-refractivity contribution is 0.376. The monoisotopic (exact) mass is 208 g/mol. The lowest BCUT2D eigenvalue weighted by Crippen LogP contribution is -2.12. The predicted molar refractivity (Wildman–Crippen MR) is 60.2 cm³/mol. The largest absolute Gasteiger partial charge is 0.495 e. The molecule has 0 aliphatic rings. The smallest absolute Gasteiger partial charge is 0.144 e. The molecule has 1 rings (SSSR count). The molecule has 0 unspecified atom stereocenters. The van der Waals surface area contributed by atoms with Gasteiger partial charge in [-0.2, -0.15) is 0 Å². The lowest BCUT2D eigenvalue weighted by Gasteiger charge is -2.19. The number of rotatable bonds is 4. The number of pyridine rings is 1. The van der Waals surface area contributed by atoms with Gasteiger partial charge in [0.2, 0.25) is 0 Å². The molecule has 0 spiro atoms. The number of hydrogen-bond donors (Lipinski definition) is 0. The van der Waals surface area contributed by atoms with E-state index < -0.39 is 0 Å². The summed E-state index contributed by atoms with van der Waals surface area (Å²) in [5.74, 6) is 1.46. The van der Waals surface area contributed by atoms with Gasteiger partial charge in [0.1, 0.15) is 11.5 Å². The topological polar surface area (TPSA) is 31.4 Å². The van der Waals surface area contributed by atoms with Crippen molar-refractivity contribution in [3.63, 3.8) is 0 Å². The van der Waals surface area contributed by atoms with E-state index in [4.69, 9.17) is 9.47 Å². The van der Waals surface area contributed by atoms with E-state index in [1.165, 1.54) is 0 Å². The van der Waals surface area contributed by atoms with Crippen LogP contribution >= 0.6 is 0 Å². The summed E-state index contributed by atoms with van der Waals surface area (Å²) in [5, 5.41) is 0. The first-order valence-electron chi connectivity index (χ1n) is 4.88. The third-order valence-electron chi connectivity index (χ3n) is 2.01. The highest BCUT2D eigenvalue weighted by molar-refractivity contribution is 5.35. The fourth-order valence-corrected chi connectivity index (χ4v) is 1.33. The molecule has 83 valence electrons. The Hall–Kier alpha value is -1.25. The zero-order valence-electron chi connectivity index (χ0n) is 9.83. The Morgan fingerprint density at radius 1 is 1.33 bits per heavy atom. The SMILES string of the molecule is [CH2]C(C)(C)Cc1ncc(OC)cc1OC. The minimum Gasteiger partial charge on any atom is -0.495 e. The van der Waals surface area contributed by atoms with Gasteiger partial charge in [-0.3, -0.25) is 4.98 Å². The van der Waals surface area contributed by atoms with E-state index in [2.05, 4.69) is 25.8 Å². The van der Waals surface area contributed by atoms with Crippen LogP contribution < -0.4 is 9.47 Å². The van der Waals surface area contributed by atoms with Gasteiger partial charge < -0.3 is 9.47 Å². The van der Waals surface area contributed by atoms with E-state index in [-0.39, 0.29) is 5.41 Å². The van der Waals surface area contributed by atoms with Crippen molar-refractivity contribution in [2.24, 2.45) is 5.41 Å². The standard InChI is InChI=1S/C12H18NO2/c1-12(2,3)7-10-11(15-5)6-9(14-4)8-13-10/h6,8H,1,7H2,2-5H3. The van der Waals surface area contributed by atoms with E-state index in [1.807, 2.05) is 6.07 Å². The van der Waals surface area contributed by atoms with E-state index in [0.717, 1.165) is 17.9 Å². The molecule has 1 heterocycles. The normalized spacial score (nSPS) is 11.3. The summed E-state index contributed by atoms with van der Waals surface area (Å²) in [5.41, 5.74) is 0.868. The van der Waals surface area contributed by atoms with Gasteiger partial charge >= 0.3 is 0 Å². The minimum atomic E-state index is -0.0468. The first-order chi connectivity index (χ1) is 6.96. The fourth-order valence-electron chi connectivity index (χ4n) is 1.33. The Kier molecular flexibility index (Phi) is 3.56. The molecule has 0 N–H and O–H groups in total. The van der Waals surface area contributed by atoms with Gasteiger partial charge in [0.25, 0.3) is 0 Å². The van der Waals surface area contributed by atoms with Crippen molar-refractivity contribution in [3.8, 4) is 11.5 Å². The van der Waals surface area contributed by atoms with Crippen LogP contribution in [0.5, 0.6) is 11.5 Å². The van der Waals surface area contributed by atoms with Crippen molar-refractivity contribution < 1.29 is 9.47 Å². The molecule has 1 aromatic heterocycles. The molecule has 0 aliphatic carbocycles. The minimum absolute atomic E-state index is 0.0468. The summed E-state index contributed by atoms with van der Waals surface area (Å²) in [4.78, 5) is 4.32. The summed E-state index contributed by atoms with van der Waals surface area (Å²) in [6.07, 6.45) is 2.48. The van der Waals surface area contributed by atoms with Crippen LogP contribution in [0.15, 0.2) is 12.3 Å². The number of methoxy groups -OCH3 is 2. The third-order valence-corrected chi connectivity index (χ3v) is 2.01. The van der Waals surface area contributed by atoms with Crippen LogP contribution in [-0.2, 0) is 6.42 Å². The Balaban J connectivity index is 2.97. The van der Waals surface area contributed by atoms with Crippen LogP contribution in [0.25, 0.3) is 0 Å². The average molecular weight is 208 g/mol. The molecule has 1 aromatic rings. The molecule has 0 fully saturated rings. The Bertz CT molecular complexity index is 329. The third kappa shape index (κ3) is 3.42. The van der Waals surface area contributed by atoms with Crippen molar-refractivity contribution in [1.82, 2.24) is 4.98 Å². The van der Waals surface area contributed by atoms with E-state index in [1.54, 1.807) is 20.4 Å². The summed E-state index contributed by atoms with van der Waals surface area (Å²) in [7, 11) is 3.25. The van der Waals surface area contributed by atoms with Crippen molar-refractivity contribution in [3.05, 3.63) is 24.9 Å². The Labute approximate surface area is 91.4 Å². The zero-order chi connectivity index (χ0) is 11.5. The van der Waals surface area contributed by atoms with Crippen molar-refractivity contribution in [1.29, 1.82) is 0 Å². The molecule has 1 radical (unpaired) electrons. The maximum atomic E-state index is 5.26. The van der Waals surface area contributed by atoms with E-state index in [9.17, 15) is 0 Å². The second-order valence-corrected chi connectivity index (χ2v) is 4.37. The van der Waals surface area contributed by atoms with Gasteiger partial charge in [-0.1, -0.05) is 13.8 Å². The van der Waals surface area contributed by atoms with Gasteiger partial charge in [0, 0.05) is 6.07 Å². The Morgan fingerprint density at radius 3 is 2.47 bits per heavy atom. The molecule has 3 nitrogen and oxygen atoms in total. The van der Waals surface area contributed by atoms with Crippen molar-refractivity contribution in [2.75, 3.05) is 14.2 Å². The molecule has 0 atom stereocenters. The maximum Gasteiger partial charge on any atom is 0.144 e. The summed E-state index contributed by atoms with van der Waals surface area (Å²) >= 11 is 0. The van der Waals surface area contributed by atoms with Gasteiger partial charge in [-0.15, -0.1) is 0 Å². The van der Waals surface area contributed by atoms with Crippen LogP contribution in [0.1, 0.15) is 19.5 Å². The van der Waals surface area contributed by atoms with Crippen molar-refractivity contribution >= 4 is 0 Å². The molecule has 0 saturated carbocycles. The van der Waals surface area contributed by atoms with E-state index in [0.29, 0.717) is 5.75 Å². The molecule has 15 heavy (non-hydrogen) atoms. The van der Waals surface area contributed by atoms with E-state index >= 15 is 0 Å². The predicted octanol–water partition coefficient (Wildman–Crippen LogP) is 2.50. The summed E-state index contributed by atoms with van der Waals surface area (Å²) < 4.78 is 10.3. The van der Waals surface area contributed by atoms with Crippen LogP contribution in [0, 0.1) is 12.3 Å². The maximum absolute atomic E-state index is 5.26. The molecule has 0 aromatic carbocycles. The molecule has 0 bridgehead atoms. The van der Waals surface area contributed by atoms with Crippen LogP contribution in [0.2, 0.25) is 0 Å². The summed E-state index contributed by atoms with van der Waals surface area (Å²) in [6, 6.07) is 1.84. The van der Waals surface area contributed by atoms with Gasteiger partial charge in [0.15, 0.2) is 0 Å². The highest BCUT2D eigenvalue weighted by Crippen LogP contribution is 2.27. The molecular formula is C12H18NO2. The highest BCUT2D eigenvalue weighted by Gasteiger charge is 2.16. The summed E-state index contributed by atoms with van der Waals surface area (Å²) in [6.45, 7) is 8.19. The fraction of sp³-hybridized carbons (Fsp3) is 0.500.